The number of nitrogens with one attached hydrogen (secondary N) is 1. The van der Waals surface area contributed by atoms with Gasteiger partial charge in [0.15, 0.2) is 0 Å². The molecule has 0 heterocycles. The van der Waals surface area contributed by atoms with E-state index in [0.717, 1.165) is 0 Å². The Kier molecular flexibility index (Phi) is 6.34. The molecule has 1 amide bonds. The highest BCUT2D eigenvalue weighted by atomic mass is 16.7. The lowest BCUT2D eigenvalue weighted by Crippen LogP contribution is -2.27. The molecule has 0 aromatic carbocycles. The van der Waals surface area contributed by atoms with Crippen LogP contribution >= 0.6 is 0 Å². The first kappa shape index (κ1) is 13.9. The molecule has 16 heavy (non-hydrogen) atoms. The highest BCUT2D eigenvalue weighted by molar-refractivity contribution is 5.86. The first-order valence-corrected chi connectivity index (χ1v) is 4.49. The van der Waals surface area contributed by atoms with Crippen molar-refractivity contribution in [1.82, 2.24) is 5.48 Å². The lowest BCUT2D eigenvalue weighted by molar-refractivity contribution is -0.148. The molecule has 0 bridgehead atoms. The third-order valence-corrected chi connectivity index (χ3v) is 1.44. The number of hydroxylamine groups is 1. The van der Waals surface area contributed by atoms with Gasteiger partial charge in [0.05, 0.1) is 13.0 Å². The van der Waals surface area contributed by atoms with Crippen molar-refractivity contribution >= 4 is 18.0 Å². The molecule has 0 rings (SSSR count). The third kappa shape index (κ3) is 6.41. The molecule has 0 aromatic heterocycles. The average Bonchev–Trinajstić information content (AvgIpc) is 2.23. The number of aliphatic carboxylic acids is 1. The second-order valence-corrected chi connectivity index (χ2v) is 2.69. The van der Waals surface area contributed by atoms with Gasteiger partial charge in [-0.2, -0.15) is 0 Å². The molecule has 0 saturated carbocycles. The van der Waals surface area contributed by atoms with Crippen LogP contribution in [0.3, 0.4) is 0 Å². The topological polar surface area (TPSA) is 102 Å². The predicted molar refractivity (Wildman–Crippen MR) is 52.3 cm³/mol. The molecule has 0 radical (unpaired) electrons. The maximum absolute atomic E-state index is 10.9. The van der Waals surface area contributed by atoms with Crippen molar-refractivity contribution in [2.75, 3.05) is 6.61 Å². The van der Waals surface area contributed by atoms with Gasteiger partial charge >= 0.3 is 18.0 Å². The van der Waals surface area contributed by atoms with Crippen LogP contribution in [0.5, 0.6) is 0 Å². The minimum Gasteiger partial charge on any atom is -0.478 e. The summed E-state index contributed by atoms with van der Waals surface area (Å²) in [5.41, 5.74) is 1.77. The summed E-state index contributed by atoms with van der Waals surface area (Å²) in [5, 5.41) is 8.47. The number of amides is 1. The predicted octanol–water partition coefficient (Wildman–Crippen LogP) is 0.612. The average molecular weight is 231 g/mol. The van der Waals surface area contributed by atoms with E-state index in [9.17, 15) is 14.4 Å². The minimum atomic E-state index is -1.12. The third-order valence-electron chi connectivity index (χ3n) is 1.44. The largest absolute Gasteiger partial charge is 0.478 e. The van der Waals surface area contributed by atoms with Crippen LogP contribution in [-0.2, 0) is 19.2 Å². The maximum Gasteiger partial charge on any atom is 0.440 e. The number of carboxylic acids is 1. The van der Waals surface area contributed by atoms with E-state index >= 15 is 0 Å². The van der Waals surface area contributed by atoms with Crippen LogP contribution in [0, 0.1) is 0 Å². The molecule has 0 atom stereocenters. The molecule has 7 nitrogen and oxygen atoms in total. The lowest BCUT2D eigenvalue weighted by Gasteiger charge is -2.03. The Labute approximate surface area is 92.0 Å². The number of hydrogen-bond donors (Lipinski definition) is 2. The summed E-state index contributed by atoms with van der Waals surface area (Å²) < 4.78 is 4.42. The van der Waals surface area contributed by atoms with Crippen LogP contribution < -0.4 is 5.48 Å². The van der Waals surface area contributed by atoms with Gasteiger partial charge in [0.1, 0.15) is 0 Å². The fraction of sp³-hybridized carbons (Fsp3) is 0.444. The van der Waals surface area contributed by atoms with Crippen molar-refractivity contribution in [1.29, 1.82) is 0 Å². The van der Waals surface area contributed by atoms with E-state index in [1.165, 1.54) is 13.0 Å². The highest BCUT2D eigenvalue weighted by Crippen LogP contribution is 1.96. The van der Waals surface area contributed by atoms with Gasteiger partial charge in [-0.1, -0.05) is 6.08 Å². The smallest absolute Gasteiger partial charge is 0.440 e. The molecule has 0 aliphatic heterocycles. The maximum atomic E-state index is 10.9. The first-order chi connectivity index (χ1) is 7.47. The summed E-state index contributed by atoms with van der Waals surface area (Å²) in [6, 6.07) is 0. The molecule has 0 aliphatic carbocycles. The number of carboxylic acid groups (broad SMARTS) is 1. The van der Waals surface area contributed by atoms with Crippen molar-refractivity contribution in [2.45, 2.75) is 20.3 Å². The van der Waals surface area contributed by atoms with Gasteiger partial charge in [-0.15, -0.1) is 5.48 Å². The Bertz CT molecular complexity index is 309. The van der Waals surface area contributed by atoms with Crippen LogP contribution in [0.4, 0.5) is 4.79 Å². The minimum absolute atomic E-state index is 0.0214. The molecule has 0 fully saturated rings. The van der Waals surface area contributed by atoms with Gasteiger partial charge in [0, 0.05) is 5.57 Å². The summed E-state index contributed by atoms with van der Waals surface area (Å²) in [5.74, 6) is -1.90. The zero-order valence-corrected chi connectivity index (χ0v) is 8.98. The van der Waals surface area contributed by atoms with Crippen molar-refractivity contribution in [3.05, 3.63) is 11.6 Å². The van der Waals surface area contributed by atoms with E-state index in [2.05, 4.69) is 9.57 Å². The molecule has 7 heteroatoms. The summed E-state index contributed by atoms with van der Waals surface area (Å²) in [4.78, 5) is 36.3. The zero-order chi connectivity index (χ0) is 12.6. The normalized spacial score (nSPS) is 10.5. The van der Waals surface area contributed by atoms with E-state index < -0.39 is 18.0 Å². The summed E-state index contributed by atoms with van der Waals surface area (Å²) in [7, 11) is 0. The standard InChI is InChI=1S/C9H13NO6/c1-3-15-9(14)10-16-7(11)5-4-6(2)8(12)13/h4H,3,5H2,1-2H3,(H,10,14)(H,12,13). The molecular weight excluding hydrogens is 218 g/mol. The highest BCUT2D eigenvalue weighted by Gasteiger charge is 2.07. The van der Waals surface area contributed by atoms with Crippen LogP contribution in [0.1, 0.15) is 20.3 Å². The number of hydrogen-bond acceptors (Lipinski definition) is 5. The van der Waals surface area contributed by atoms with E-state index in [1.807, 2.05) is 0 Å². The molecular formula is C9H13NO6. The summed E-state index contributed by atoms with van der Waals surface area (Å²) in [6.45, 7) is 3.09. The molecule has 0 spiro atoms. The van der Waals surface area contributed by atoms with E-state index in [1.54, 1.807) is 12.4 Å². The van der Waals surface area contributed by atoms with Crippen molar-refractivity contribution < 1.29 is 29.1 Å². The Hall–Kier alpha value is -2.05. The molecule has 0 aromatic rings. The molecule has 90 valence electrons. The second-order valence-electron chi connectivity index (χ2n) is 2.69. The number of ether oxygens (including phenoxy) is 1. The Morgan fingerprint density at radius 1 is 1.38 bits per heavy atom. The summed E-state index contributed by atoms with van der Waals surface area (Å²) >= 11 is 0. The number of carbonyl (C=O) groups excluding carboxylic acids is 2. The van der Waals surface area contributed by atoms with E-state index in [-0.39, 0.29) is 18.6 Å². The fourth-order valence-corrected chi connectivity index (χ4v) is 0.625. The van der Waals surface area contributed by atoms with Crippen LogP contribution in [0.2, 0.25) is 0 Å². The van der Waals surface area contributed by atoms with Crippen LogP contribution in [0.25, 0.3) is 0 Å². The van der Waals surface area contributed by atoms with Crippen LogP contribution in [0.15, 0.2) is 11.6 Å². The Morgan fingerprint density at radius 3 is 2.50 bits per heavy atom. The van der Waals surface area contributed by atoms with Gasteiger partial charge in [-0.05, 0) is 13.8 Å². The van der Waals surface area contributed by atoms with Crippen molar-refractivity contribution in [3.63, 3.8) is 0 Å². The van der Waals surface area contributed by atoms with Gasteiger partial charge in [0.25, 0.3) is 0 Å². The number of rotatable bonds is 4. The second kappa shape index (κ2) is 7.27. The van der Waals surface area contributed by atoms with E-state index in [0.29, 0.717) is 0 Å². The summed E-state index contributed by atoms with van der Waals surface area (Å²) in [6.07, 6.45) is 0.0528. The quantitative estimate of drug-likeness (QED) is 0.543. The lowest BCUT2D eigenvalue weighted by atomic mass is 10.2. The van der Waals surface area contributed by atoms with Crippen molar-refractivity contribution in [2.24, 2.45) is 0 Å². The van der Waals surface area contributed by atoms with E-state index in [4.69, 9.17) is 5.11 Å². The van der Waals surface area contributed by atoms with Crippen LogP contribution in [-0.4, -0.2) is 29.7 Å². The SMILES string of the molecule is CCOC(=O)NOC(=O)CC=C(C)C(=O)O. The first-order valence-electron chi connectivity index (χ1n) is 4.49. The van der Waals surface area contributed by atoms with Crippen molar-refractivity contribution in [3.8, 4) is 0 Å². The zero-order valence-electron chi connectivity index (χ0n) is 8.98. The number of carbonyl (C=O) groups is 3. The molecule has 0 aliphatic rings. The monoisotopic (exact) mass is 231 g/mol. The Balaban J connectivity index is 3.88. The molecule has 0 saturated heterocycles. The van der Waals surface area contributed by atoms with Gasteiger partial charge in [-0.3, -0.25) is 0 Å². The van der Waals surface area contributed by atoms with Gasteiger partial charge in [0.2, 0.25) is 0 Å². The molecule has 0 unspecified atom stereocenters. The van der Waals surface area contributed by atoms with Gasteiger partial charge in [-0.25, -0.2) is 14.4 Å². The molecule has 2 N–H and O–H groups in total. The van der Waals surface area contributed by atoms with Gasteiger partial charge < -0.3 is 14.7 Å². The Morgan fingerprint density at radius 2 is 2.00 bits per heavy atom. The fourth-order valence-electron chi connectivity index (χ4n) is 0.625.